The van der Waals surface area contributed by atoms with Crippen molar-refractivity contribution in [1.29, 1.82) is 0 Å². The zero-order valence-corrected chi connectivity index (χ0v) is 37.0. The molecule has 7 nitrogen and oxygen atoms in total. The molecule has 0 heterocycles. The van der Waals surface area contributed by atoms with Crippen LogP contribution in [-0.4, -0.2) is 72.9 Å². The van der Waals surface area contributed by atoms with Gasteiger partial charge in [-0.05, 0) is 117 Å². The summed E-state index contributed by atoms with van der Waals surface area (Å²) in [6.07, 6.45) is 26.6. The summed E-state index contributed by atoms with van der Waals surface area (Å²) < 4.78 is 19.7. The van der Waals surface area contributed by atoms with Gasteiger partial charge in [0.25, 0.3) is 0 Å². The van der Waals surface area contributed by atoms with Gasteiger partial charge in [0, 0.05) is 44.9 Å². The highest BCUT2D eigenvalue weighted by atomic mass is 16.6. The molecular weight excluding hydrogens is 711 g/mol. The van der Waals surface area contributed by atoms with Gasteiger partial charge in [-0.1, -0.05) is 129 Å². The molecule has 4 aliphatic rings. The number of hydrogen-bond donors (Lipinski definition) is 2. The third kappa shape index (κ3) is 12.2. The van der Waals surface area contributed by atoms with E-state index in [1.54, 1.807) is 0 Å². The summed E-state index contributed by atoms with van der Waals surface area (Å²) in [4.78, 5) is 15.6. The molecule has 5 rings (SSSR count). The second kappa shape index (κ2) is 23.9. The topological polar surface area (TPSA) is 88.5 Å². The Bertz CT molecular complexity index is 1260. The van der Waals surface area contributed by atoms with Crippen LogP contribution >= 0.6 is 0 Å². The Kier molecular flexibility index (Phi) is 19.5. The van der Waals surface area contributed by atoms with Crippen molar-refractivity contribution in [2.75, 3.05) is 39.5 Å². The molecule has 0 aromatic heterocycles. The van der Waals surface area contributed by atoms with Crippen LogP contribution in [0.5, 0.6) is 0 Å². The van der Waals surface area contributed by atoms with Crippen molar-refractivity contribution >= 4 is 6.09 Å². The molecule has 1 aromatic rings. The largest absolute Gasteiger partial charge is 0.445 e. The van der Waals surface area contributed by atoms with E-state index in [0.29, 0.717) is 73.6 Å². The summed E-state index contributed by atoms with van der Waals surface area (Å²) >= 11 is 0. The maximum atomic E-state index is 13.6. The number of carbonyl (C=O) groups excluding carboxylic acids is 1. The number of aliphatic hydroxyl groups is 2. The molecule has 0 radical (unpaired) electrons. The van der Waals surface area contributed by atoms with Gasteiger partial charge < -0.3 is 29.3 Å². The first-order chi connectivity index (χ1) is 27.8. The number of hydrogen-bond acceptors (Lipinski definition) is 6. The molecule has 0 spiro atoms. The smallest absolute Gasteiger partial charge is 0.410 e. The molecule has 4 unspecified atom stereocenters. The van der Waals surface area contributed by atoms with Crippen LogP contribution in [0.4, 0.5) is 4.79 Å². The van der Waals surface area contributed by atoms with Crippen molar-refractivity contribution in [2.24, 2.45) is 46.3 Å². The van der Waals surface area contributed by atoms with E-state index in [-0.39, 0.29) is 36.9 Å². The van der Waals surface area contributed by atoms with Gasteiger partial charge in [0.15, 0.2) is 0 Å². The fraction of sp³-hybridized carbons (Fsp3) is 0.860. The number of ether oxygens (including phenoxy) is 3. The summed E-state index contributed by atoms with van der Waals surface area (Å²) in [5.41, 5.74) is 1.40. The van der Waals surface area contributed by atoms with E-state index in [0.717, 1.165) is 44.3 Å². The van der Waals surface area contributed by atoms with Crippen LogP contribution in [0.25, 0.3) is 0 Å². The van der Waals surface area contributed by atoms with Crippen molar-refractivity contribution in [3.05, 3.63) is 35.9 Å². The minimum Gasteiger partial charge on any atom is -0.445 e. The highest BCUT2D eigenvalue weighted by Crippen LogP contribution is 2.69. The summed E-state index contributed by atoms with van der Waals surface area (Å²) in [7, 11) is 0. The van der Waals surface area contributed by atoms with E-state index in [4.69, 9.17) is 14.2 Å². The predicted molar refractivity (Wildman–Crippen MR) is 232 cm³/mol. The zero-order chi connectivity index (χ0) is 40.5. The van der Waals surface area contributed by atoms with Crippen LogP contribution in [0.1, 0.15) is 175 Å². The van der Waals surface area contributed by atoms with Crippen LogP contribution in [0, 0.1) is 46.3 Å². The van der Waals surface area contributed by atoms with Gasteiger partial charge in [0.2, 0.25) is 0 Å². The normalized spacial score (nSPS) is 31.3. The van der Waals surface area contributed by atoms with E-state index < -0.39 is 0 Å². The number of aliphatic hydroxyl groups excluding tert-OH is 2. The lowest BCUT2D eigenvalue weighted by molar-refractivity contribution is -0.222. The first kappa shape index (κ1) is 46.4. The highest BCUT2D eigenvalue weighted by Gasteiger charge is 2.66. The molecule has 4 fully saturated rings. The molecule has 0 saturated heterocycles. The lowest BCUT2D eigenvalue weighted by Crippen LogP contribution is -2.62. The van der Waals surface area contributed by atoms with Crippen LogP contribution in [0.2, 0.25) is 0 Å². The SMILES string of the molecule is CCCCCCCCCCCCN(CCCC(C)[C@H]1CC[C@H]2C3[C@H](OCCCO)CC4CCCC[C@]4(C)[C@H]3C[C@H](OCCCO)C12C)C(=O)OCc1ccccc1. The fourth-order valence-corrected chi connectivity index (χ4v) is 12.8. The minimum absolute atomic E-state index is 0.0385. The maximum Gasteiger partial charge on any atom is 0.410 e. The second-order valence-corrected chi connectivity index (χ2v) is 19.5. The van der Waals surface area contributed by atoms with Crippen molar-refractivity contribution in [1.82, 2.24) is 4.90 Å². The van der Waals surface area contributed by atoms with E-state index >= 15 is 0 Å². The van der Waals surface area contributed by atoms with Crippen molar-refractivity contribution in [2.45, 2.75) is 188 Å². The Labute approximate surface area is 348 Å². The Hall–Kier alpha value is -1.67. The van der Waals surface area contributed by atoms with Gasteiger partial charge in [-0.2, -0.15) is 0 Å². The van der Waals surface area contributed by atoms with Gasteiger partial charge in [-0.15, -0.1) is 0 Å². The summed E-state index contributed by atoms with van der Waals surface area (Å²) in [5, 5.41) is 19.4. The number of amides is 1. The van der Waals surface area contributed by atoms with E-state index in [9.17, 15) is 15.0 Å². The Morgan fingerprint density at radius 2 is 1.46 bits per heavy atom. The molecule has 0 bridgehead atoms. The van der Waals surface area contributed by atoms with Crippen molar-refractivity contribution < 1.29 is 29.2 Å². The number of benzene rings is 1. The molecule has 4 aliphatic carbocycles. The van der Waals surface area contributed by atoms with Crippen LogP contribution in [0.3, 0.4) is 0 Å². The summed E-state index contributed by atoms with van der Waals surface area (Å²) in [6, 6.07) is 10.0. The highest BCUT2D eigenvalue weighted by molar-refractivity contribution is 5.67. The van der Waals surface area contributed by atoms with Crippen LogP contribution < -0.4 is 0 Å². The van der Waals surface area contributed by atoms with Crippen molar-refractivity contribution in [3.63, 3.8) is 0 Å². The molecule has 2 N–H and O–H groups in total. The number of unbranched alkanes of at least 4 members (excludes halogenated alkanes) is 9. The molecule has 7 heteroatoms. The van der Waals surface area contributed by atoms with E-state index in [1.165, 1.54) is 103 Å². The number of fused-ring (bicyclic) bond motifs is 5. The Balaban J connectivity index is 1.23. The summed E-state index contributed by atoms with van der Waals surface area (Å²) in [6.45, 7) is 13.4. The average Bonchev–Trinajstić information content (AvgIpc) is 3.58. The number of rotatable bonds is 26. The molecule has 1 amide bonds. The first-order valence-electron chi connectivity index (χ1n) is 24.2. The third-order valence-corrected chi connectivity index (χ3v) is 16.0. The maximum absolute atomic E-state index is 13.6. The lowest BCUT2D eigenvalue weighted by atomic mass is 9.43. The molecule has 0 aliphatic heterocycles. The molecule has 57 heavy (non-hydrogen) atoms. The van der Waals surface area contributed by atoms with Gasteiger partial charge in [-0.25, -0.2) is 4.79 Å². The average molecular weight is 796 g/mol. The van der Waals surface area contributed by atoms with Gasteiger partial charge in [0.05, 0.1) is 12.2 Å². The zero-order valence-electron chi connectivity index (χ0n) is 37.0. The van der Waals surface area contributed by atoms with E-state index in [1.807, 2.05) is 35.2 Å². The summed E-state index contributed by atoms with van der Waals surface area (Å²) in [5.74, 6) is 3.41. The molecule has 4 saturated carbocycles. The monoisotopic (exact) mass is 796 g/mol. The lowest BCUT2D eigenvalue weighted by Gasteiger charge is -2.64. The molecule has 326 valence electrons. The quantitative estimate of drug-likeness (QED) is 0.0908. The predicted octanol–water partition coefficient (Wildman–Crippen LogP) is 11.8. The minimum atomic E-state index is -0.176. The Morgan fingerprint density at radius 3 is 2.16 bits per heavy atom. The van der Waals surface area contributed by atoms with Crippen molar-refractivity contribution in [3.8, 4) is 0 Å². The second-order valence-electron chi connectivity index (χ2n) is 19.5. The fourth-order valence-electron chi connectivity index (χ4n) is 12.8. The van der Waals surface area contributed by atoms with Gasteiger partial charge in [-0.3, -0.25) is 0 Å². The number of nitrogens with zero attached hydrogens (tertiary/aromatic N) is 1. The standard InChI is InChI=1S/C50H85NO6/c1-5-6-7-8-9-10-11-12-13-19-30-51(48(54)57-38-40-24-15-14-16-25-40)31-20-23-39(2)42-27-28-43-47-44(37-46(50(42,43)4)56-35-22-33-53)49(3)29-18-17-26-41(49)36-45(47)55-34-21-32-52/h14-16,24-25,39,41-47,52-53H,5-13,17-23,26-38H2,1-4H3/t39?,41?,42-,43+,44+,45-,46+,47?,49+,50?/m1/s1. The first-order valence-corrected chi connectivity index (χ1v) is 24.2. The number of carbonyl (C=O) groups is 1. The molecular formula is C50H85NO6. The Morgan fingerprint density at radius 1 is 0.789 bits per heavy atom. The van der Waals surface area contributed by atoms with E-state index in [2.05, 4.69) is 27.7 Å². The molecule has 1 aromatic carbocycles. The van der Waals surface area contributed by atoms with Gasteiger partial charge >= 0.3 is 6.09 Å². The third-order valence-electron chi connectivity index (χ3n) is 16.0. The van der Waals surface area contributed by atoms with Crippen LogP contribution in [-0.2, 0) is 20.8 Å². The van der Waals surface area contributed by atoms with Gasteiger partial charge in [0.1, 0.15) is 6.61 Å². The van der Waals surface area contributed by atoms with Crippen LogP contribution in [0.15, 0.2) is 30.3 Å². The molecule has 10 atom stereocenters.